The SMILES string of the molecule is CC(CNC(C)C)C[Si](C)(C)C. The Kier molecular flexibility index (Phi) is 5.10. The fourth-order valence-electron chi connectivity index (χ4n) is 1.55. The summed E-state index contributed by atoms with van der Waals surface area (Å²) in [6, 6.07) is 2.07. The third-order valence-electron chi connectivity index (χ3n) is 1.84. The Balaban J connectivity index is 3.53. The second kappa shape index (κ2) is 5.03. The number of hydrogen-bond acceptors (Lipinski definition) is 1. The van der Waals surface area contributed by atoms with Gasteiger partial charge in [0.15, 0.2) is 0 Å². The first-order valence-electron chi connectivity index (χ1n) is 5.04. The molecule has 74 valence electrons. The summed E-state index contributed by atoms with van der Waals surface area (Å²) in [7, 11) is -0.832. The average molecular weight is 187 g/mol. The summed E-state index contributed by atoms with van der Waals surface area (Å²) >= 11 is 0. The first-order valence-corrected chi connectivity index (χ1v) is 8.75. The normalized spacial score (nSPS) is 15.2. The van der Waals surface area contributed by atoms with E-state index in [-0.39, 0.29) is 0 Å². The second-order valence-corrected chi connectivity index (χ2v) is 11.0. The quantitative estimate of drug-likeness (QED) is 0.653. The van der Waals surface area contributed by atoms with Crippen LogP contribution in [0.3, 0.4) is 0 Å². The molecule has 0 aliphatic rings. The van der Waals surface area contributed by atoms with E-state index in [1.165, 1.54) is 12.6 Å². The maximum Gasteiger partial charge on any atom is 0.0445 e. The molecule has 0 radical (unpaired) electrons. The molecule has 0 aromatic carbocycles. The van der Waals surface area contributed by atoms with Crippen LogP contribution < -0.4 is 5.32 Å². The van der Waals surface area contributed by atoms with Gasteiger partial charge in [-0.05, 0) is 12.5 Å². The molecule has 2 heteroatoms. The van der Waals surface area contributed by atoms with Crippen molar-refractivity contribution in [3.63, 3.8) is 0 Å². The van der Waals surface area contributed by atoms with Crippen molar-refractivity contribution >= 4 is 8.07 Å². The van der Waals surface area contributed by atoms with Gasteiger partial charge in [-0.2, -0.15) is 0 Å². The molecule has 0 aliphatic heterocycles. The summed E-state index contributed by atoms with van der Waals surface area (Å²) in [6.45, 7) is 15.3. The van der Waals surface area contributed by atoms with Crippen LogP contribution in [0.5, 0.6) is 0 Å². The topological polar surface area (TPSA) is 12.0 Å². The minimum Gasteiger partial charge on any atom is -0.314 e. The third-order valence-corrected chi connectivity index (χ3v) is 3.76. The van der Waals surface area contributed by atoms with Gasteiger partial charge in [0.05, 0.1) is 0 Å². The largest absolute Gasteiger partial charge is 0.314 e. The van der Waals surface area contributed by atoms with E-state index in [2.05, 4.69) is 45.7 Å². The fourth-order valence-corrected chi connectivity index (χ4v) is 3.79. The van der Waals surface area contributed by atoms with Gasteiger partial charge in [-0.1, -0.05) is 46.5 Å². The van der Waals surface area contributed by atoms with Crippen LogP contribution in [0.25, 0.3) is 0 Å². The Hall–Kier alpha value is 0.177. The van der Waals surface area contributed by atoms with E-state index in [1.807, 2.05) is 0 Å². The van der Waals surface area contributed by atoms with E-state index in [0.29, 0.717) is 6.04 Å². The van der Waals surface area contributed by atoms with Crippen molar-refractivity contribution in [1.82, 2.24) is 5.32 Å². The van der Waals surface area contributed by atoms with E-state index in [0.717, 1.165) is 5.92 Å². The van der Waals surface area contributed by atoms with Gasteiger partial charge < -0.3 is 5.32 Å². The summed E-state index contributed by atoms with van der Waals surface area (Å²) in [6.07, 6.45) is 0. The van der Waals surface area contributed by atoms with E-state index < -0.39 is 8.07 Å². The maximum atomic E-state index is 3.49. The molecule has 0 rings (SSSR count). The molecule has 0 spiro atoms. The molecule has 0 aromatic heterocycles. The van der Waals surface area contributed by atoms with Crippen molar-refractivity contribution in [3.05, 3.63) is 0 Å². The zero-order chi connectivity index (χ0) is 9.78. The highest BCUT2D eigenvalue weighted by atomic mass is 28.3. The molecule has 1 N–H and O–H groups in total. The predicted octanol–water partition coefficient (Wildman–Crippen LogP) is 2.96. The molecule has 0 bridgehead atoms. The standard InChI is InChI=1S/C10H25NSi/c1-9(2)11-7-10(3)8-12(4,5)6/h9-11H,7-8H2,1-6H3. The maximum absolute atomic E-state index is 3.49. The van der Waals surface area contributed by atoms with Crippen molar-refractivity contribution < 1.29 is 0 Å². The molecule has 0 amide bonds. The van der Waals surface area contributed by atoms with E-state index in [4.69, 9.17) is 0 Å². The van der Waals surface area contributed by atoms with Gasteiger partial charge in [-0.25, -0.2) is 0 Å². The number of rotatable bonds is 5. The molecule has 12 heavy (non-hydrogen) atoms. The highest BCUT2D eigenvalue weighted by Crippen LogP contribution is 2.15. The van der Waals surface area contributed by atoms with Crippen LogP contribution in [-0.4, -0.2) is 20.7 Å². The highest BCUT2D eigenvalue weighted by molar-refractivity contribution is 6.76. The van der Waals surface area contributed by atoms with Crippen LogP contribution in [0.15, 0.2) is 0 Å². The number of nitrogens with one attached hydrogen (secondary N) is 1. The fraction of sp³-hybridized carbons (Fsp3) is 1.00. The van der Waals surface area contributed by atoms with Crippen LogP contribution in [0.2, 0.25) is 25.7 Å². The van der Waals surface area contributed by atoms with Crippen LogP contribution in [0, 0.1) is 5.92 Å². The molecule has 1 atom stereocenters. The molecule has 0 aromatic rings. The Morgan fingerprint density at radius 1 is 1.08 bits per heavy atom. The zero-order valence-electron chi connectivity index (χ0n) is 9.57. The summed E-state index contributed by atoms with van der Waals surface area (Å²) in [4.78, 5) is 0. The molecule has 0 heterocycles. The monoisotopic (exact) mass is 187 g/mol. The van der Waals surface area contributed by atoms with Crippen LogP contribution >= 0.6 is 0 Å². The van der Waals surface area contributed by atoms with Gasteiger partial charge in [0.1, 0.15) is 0 Å². The summed E-state index contributed by atoms with van der Waals surface area (Å²) in [5.41, 5.74) is 0. The van der Waals surface area contributed by atoms with Gasteiger partial charge in [0.2, 0.25) is 0 Å². The van der Waals surface area contributed by atoms with Gasteiger partial charge in [0.25, 0.3) is 0 Å². The Morgan fingerprint density at radius 3 is 1.92 bits per heavy atom. The minimum atomic E-state index is -0.832. The first-order chi connectivity index (χ1) is 5.31. The lowest BCUT2D eigenvalue weighted by atomic mass is 10.2. The molecule has 1 unspecified atom stereocenters. The van der Waals surface area contributed by atoms with Crippen LogP contribution in [0.4, 0.5) is 0 Å². The predicted molar refractivity (Wildman–Crippen MR) is 60.5 cm³/mol. The van der Waals surface area contributed by atoms with Crippen molar-refractivity contribution in [3.8, 4) is 0 Å². The Bertz CT molecular complexity index is 115. The Labute approximate surface area is 79.0 Å². The van der Waals surface area contributed by atoms with Gasteiger partial charge >= 0.3 is 0 Å². The molecular weight excluding hydrogens is 162 g/mol. The van der Waals surface area contributed by atoms with Gasteiger partial charge in [-0.15, -0.1) is 0 Å². The first kappa shape index (κ1) is 12.2. The number of hydrogen-bond donors (Lipinski definition) is 1. The van der Waals surface area contributed by atoms with E-state index in [9.17, 15) is 0 Å². The molecule has 0 aliphatic carbocycles. The average Bonchev–Trinajstić information content (AvgIpc) is 1.79. The minimum absolute atomic E-state index is 0.633. The molecule has 1 nitrogen and oxygen atoms in total. The summed E-state index contributed by atoms with van der Waals surface area (Å²) in [5, 5.41) is 3.49. The van der Waals surface area contributed by atoms with Crippen molar-refractivity contribution in [1.29, 1.82) is 0 Å². The lowest BCUT2D eigenvalue weighted by molar-refractivity contribution is 0.501. The Morgan fingerprint density at radius 2 is 1.58 bits per heavy atom. The molecule has 0 saturated heterocycles. The van der Waals surface area contributed by atoms with Crippen molar-refractivity contribution in [2.45, 2.75) is 52.5 Å². The smallest absolute Gasteiger partial charge is 0.0445 e. The van der Waals surface area contributed by atoms with Crippen molar-refractivity contribution in [2.24, 2.45) is 5.92 Å². The molecular formula is C10H25NSi. The second-order valence-electron chi connectivity index (χ2n) is 5.43. The molecule has 0 saturated carbocycles. The summed E-state index contributed by atoms with van der Waals surface area (Å²) in [5.74, 6) is 0.846. The lowest BCUT2D eigenvalue weighted by Crippen LogP contribution is -2.32. The van der Waals surface area contributed by atoms with Gasteiger partial charge in [-0.3, -0.25) is 0 Å². The zero-order valence-corrected chi connectivity index (χ0v) is 10.6. The van der Waals surface area contributed by atoms with E-state index in [1.54, 1.807) is 0 Å². The summed E-state index contributed by atoms with van der Waals surface area (Å²) < 4.78 is 0. The third kappa shape index (κ3) is 8.28. The van der Waals surface area contributed by atoms with E-state index >= 15 is 0 Å². The van der Waals surface area contributed by atoms with Crippen LogP contribution in [0.1, 0.15) is 20.8 Å². The lowest BCUT2D eigenvalue weighted by Gasteiger charge is -2.22. The van der Waals surface area contributed by atoms with Crippen molar-refractivity contribution in [2.75, 3.05) is 6.54 Å². The van der Waals surface area contributed by atoms with Crippen LogP contribution in [-0.2, 0) is 0 Å². The molecule has 0 fully saturated rings. The highest BCUT2D eigenvalue weighted by Gasteiger charge is 2.16. The van der Waals surface area contributed by atoms with Gasteiger partial charge in [0, 0.05) is 14.1 Å².